The van der Waals surface area contributed by atoms with Crippen LogP contribution in [-0.4, -0.2) is 49.3 Å². The number of carbonyl (C=O) groups excluding carboxylic acids is 1. The Morgan fingerprint density at radius 1 is 1.42 bits per heavy atom. The fraction of sp³-hybridized carbons (Fsp3) is 0.500. The largest absolute Gasteiger partial charge is 0.507 e. The summed E-state index contributed by atoms with van der Waals surface area (Å²) in [7, 11) is 3.13. The number of nitrogens with zero attached hydrogens (tertiary/aromatic N) is 1. The van der Waals surface area contributed by atoms with E-state index in [1.54, 1.807) is 24.1 Å². The Labute approximate surface area is 112 Å². The Bertz CT molecular complexity index is 457. The second-order valence-electron chi connectivity index (χ2n) is 4.61. The lowest BCUT2D eigenvalue weighted by atomic mass is 10.1. The zero-order chi connectivity index (χ0) is 13.8. The highest BCUT2D eigenvalue weighted by molar-refractivity contribution is 5.97. The van der Waals surface area contributed by atoms with Gasteiger partial charge in [-0.15, -0.1) is 0 Å². The Balaban J connectivity index is 2.16. The lowest BCUT2D eigenvalue weighted by Gasteiger charge is -2.22. The molecule has 0 radical (unpaired) electrons. The van der Waals surface area contributed by atoms with Crippen LogP contribution in [0.15, 0.2) is 18.2 Å². The fourth-order valence-electron chi connectivity index (χ4n) is 2.00. The summed E-state index contributed by atoms with van der Waals surface area (Å²) in [5.74, 6) is 0.330. The molecule has 2 rings (SSSR count). The molecule has 5 nitrogen and oxygen atoms in total. The number of ether oxygens (including phenoxy) is 2. The van der Waals surface area contributed by atoms with E-state index >= 15 is 0 Å². The molecule has 19 heavy (non-hydrogen) atoms. The first-order valence-corrected chi connectivity index (χ1v) is 6.34. The van der Waals surface area contributed by atoms with Gasteiger partial charge in [-0.2, -0.15) is 0 Å². The van der Waals surface area contributed by atoms with E-state index in [4.69, 9.17) is 9.47 Å². The molecule has 1 saturated carbocycles. The maximum Gasteiger partial charge on any atom is 0.257 e. The summed E-state index contributed by atoms with van der Waals surface area (Å²) in [4.78, 5) is 14.2. The molecule has 1 aromatic rings. The number of hydrogen-bond donors (Lipinski definition) is 1. The van der Waals surface area contributed by atoms with Crippen LogP contribution in [0.4, 0.5) is 0 Å². The van der Waals surface area contributed by atoms with E-state index < -0.39 is 0 Å². The summed E-state index contributed by atoms with van der Waals surface area (Å²) < 4.78 is 10.0. The predicted molar refractivity (Wildman–Crippen MR) is 70.6 cm³/mol. The second kappa shape index (κ2) is 5.93. The molecular weight excluding hydrogens is 246 g/mol. The molecule has 0 saturated heterocycles. The number of carbonyl (C=O) groups is 1. The minimum atomic E-state index is -0.153. The minimum Gasteiger partial charge on any atom is -0.507 e. The molecule has 0 atom stereocenters. The van der Waals surface area contributed by atoms with Crippen molar-refractivity contribution in [1.29, 1.82) is 0 Å². The van der Waals surface area contributed by atoms with E-state index in [1.165, 1.54) is 13.2 Å². The van der Waals surface area contributed by atoms with Gasteiger partial charge in [-0.3, -0.25) is 4.79 Å². The van der Waals surface area contributed by atoms with Crippen LogP contribution < -0.4 is 4.74 Å². The second-order valence-corrected chi connectivity index (χ2v) is 4.61. The summed E-state index contributed by atoms with van der Waals surface area (Å²) in [6.45, 7) is 1.05. The molecule has 0 heterocycles. The van der Waals surface area contributed by atoms with Gasteiger partial charge in [0.1, 0.15) is 11.5 Å². The standard InChI is InChI=1S/C14H19NO4/c1-18-8-7-15(10-3-4-10)14(17)12-6-5-11(19-2)9-13(12)16/h5-6,9-10,16H,3-4,7-8H2,1-2H3. The Morgan fingerprint density at radius 2 is 2.16 bits per heavy atom. The molecule has 1 fully saturated rings. The SMILES string of the molecule is COCCN(C(=O)c1ccc(OC)cc1O)C1CC1. The first-order valence-electron chi connectivity index (χ1n) is 6.34. The number of phenols is 1. The number of benzene rings is 1. The van der Waals surface area contributed by atoms with Gasteiger partial charge in [0.25, 0.3) is 5.91 Å². The molecule has 0 aliphatic heterocycles. The van der Waals surface area contributed by atoms with Crippen LogP contribution in [0.1, 0.15) is 23.2 Å². The van der Waals surface area contributed by atoms with E-state index in [-0.39, 0.29) is 17.7 Å². The van der Waals surface area contributed by atoms with Crippen molar-refractivity contribution >= 4 is 5.91 Å². The summed E-state index contributed by atoms with van der Waals surface area (Å²) in [5, 5.41) is 9.91. The van der Waals surface area contributed by atoms with Crippen molar-refractivity contribution in [2.75, 3.05) is 27.4 Å². The van der Waals surface area contributed by atoms with Crippen molar-refractivity contribution in [1.82, 2.24) is 4.90 Å². The van der Waals surface area contributed by atoms with Gasteiger partial charge in [0.2, 0.25) is 0 Å². The smallest absolute Gasteiger partial charge is 0.257 e. The number of phenolic OH excluding ortho intramolecular Hbond substituents is 1. The van der Waals surface area contributed by atoms with E-state index in [0.717, 1.165) is 12.8 Å². The van der Waals surface area contributed by atoms with Gasteiger partial charge in [-0.25, -0.2) is 0 Å². The molecule has 1 N–H and O–H groups in total. The Morgan fingerprint density at radius 3 is 2.68 bits per heavy atom. The highest BCUT2D eigenvalue weighted by Gasteiger charge is 2.33. The van der Waals surface area contributed by atoms with Crippen LogP contribution in [0.25, 0.3) is 0 Å². The lowest BCUT2D eigenvalue weighted by Crippen LogP contribution is -2.35. The number of rotatable bonds is 6. The summed E-state index contributed by atoms with van der Waals surface area (Å²) in [6, 6.07) is 5.01. The minimum absolute atomic E-state index is 0.0487. The van der Waals surface area contributed by atoms with Crippen molar-refractivity contribution in [3.63, 3.8) is 0 Å². The zero-order valence-electron chi connectivity index (χ0n) is 11.3. The first kappa shape index (κ1) is 13.7. The molecule has 104 valence electrons. The predicted octanol–water partition coefficient (Wildman–Crippen LogP) is 1.65. The molecule has 1 aromatic carbocycles. The third kappa shape index (κ3) is 3.17. The zero-order valence-corrected chi connectivity index (χ0v) is 11.3. The van der Waals surface area contributed by atoms with Crippen LogP contribution in [0.5, 0.6) is 11.5 Å². The lowest BCUT2D eigenvalue weighted by molar-refractivity contribution is 0.0677. The molecule has 0 bridgehead atoms. The topological polar surface area (TPSA) is 59.0 Å². The molecule has 1 amide bonds. The van der Waals surface area contributed by atoms with E-state index in [0.29, 0.717) is 24.5 Å². The van der Waals surface area contributed by atoms with Gasteiger partial charge < -0.3 is 19.5 Å². The van der Waals surface area contributed by atoms with Crippen LogP contribution in [0, 0.1) is 0 Å². The normalized spacial score (nSPS) is 14.2. The summed E-state index contributed by atoms with van der Waals surface area (Å²) in [5.41, 5.74) is 0.309. The van der Waals surface area contributed by atoms with Gasteiger partial charge in [0, 0.05) is 25.8 Å². The maximum atomic E-state index is 12.4. The van der Waals surface area contributed by atoms with Crippen molar-refractivity contribution in [2.24, 2.45) is 0 Å². The Hall–Kier alpha value is -1.75. The van der Waals surface area contributed by atoms with Gasteiger partial charge in [0.15, 0.2) is 0 Å². The van der Waals surface area contributed by atoms with E-state index in [9.17, 15) is 9.90 Å². The average Bonchev–Trinajstić information content (AvgIpc) is 3.23. The molecular formula is C14H19NO4. The van der Waals surface area contributed by atoms with Crippen LogP contribution in [0.2, 0.25) is 0 Å². The third-order valence-electron chi connectivity index (χ3n) is 3.22. The van der Waals surface area contributed by atoms with Gasteiger partial charge in [-0.05, 0) is 25.0 Å². The van der Waals surface area contributed by atoms with Crippen LogP contribution in [0.3, 0.4) is 0 Å². The van der Waals surface area contributed by atoms with E-state index in [1.807, 2.05) is 0 Å². The van der Waals surface area contributed by atoms with E-state index in [2.05, 4.69) is 0 Å². The van der Waals surface area contributed by atoms with Gasteiger partial charge in [-0.1, -0.05) is 0 Å². The molecule has 0 spiro atoms. The summed E-state index contributed by atoms with van der Waals surface area (Å²) >= 11 is 0. The van der Waals surface area contributed by atoms with Crippen molar-refractivity contribution in [2.45, 2.75) is 18.9 Å². The number of aromatic hydroxyl groups is 1. The van der Waals surface area contributed by atoms with Crippen LogP contribution >= 0.6 is 0 Å². The Kier molecular flexibility index (Phi) is 4.27. The quantitative estimate of drug-likeness (QED) is 0.849. The van der Waals surface area contributed by atoms with Crippen molar-refractivity contribution < 1.29 is 19.4 Å². The van der Waals surface area contributed by atoms with Gasteiger partial charge in [0.05, 0.1) is 19.3 Å². The first-order chi connectivity index (χ1) is 9.17. The third-order valence-corrected chi connectivity index (χ3v) is 3.22. The highest BCUT2D eigenvalue weighted by Crippen LogP contribution is 2.31. The highest BCUT2D eigenvalue weighted by atomic mass is 16.5. The van der Waals surface area contributed by atoms with Crippen molar-refractivity contribution in [3.8, 4) is 11.5 Å². The monoisotopic (exact) mass is 265 g/mol. The number of amides is 1. The molecule has 5 heteroatoms. The van der Waals surface area contributed by atoms with Gasteiger partial charge >= 0.3 is 0 Å². The fourth-order valence-corrected chi connectivity index (χ4v) is 2.00. The number of methoxy groups -OCH3 is 2. The summed E-state index contributed by atoms with van der Waals surface area (Å²) in [6.07, 6.45) is 2.04. The average molecular weight is 265 g/mol. The maximum absolute atomic E-state index is 12.4. The van der Waals surface area contributed by atoms with Crippen LogP contribution in [-0.2, 0) is 4.74 Å². The molecule has 1 aliphatic carbocycles. The molecule has 0 unspecified atom stereocenters. The van der Waals surface area contributed by atoms with Crippen molar-refractivity contribution in [3.05, 3.63) is 23.8 Å². The molecule has 1 aliphatic rings. The number of hydrogen-bond acceptors (Lipinski definition) is 4. The molecule has 0 aromatic heterocycles.